The first-order valence-corrected chi connectivity index (χ1v) is 5.43. The lowest BCUT2D eigenvalue weighted by Crippen LogP contribution is -1.95. The summed E-state index contributed by atoms with van der Waals surface area (Å²) in [6.45, 7) is 1.98. The lowest BCUT2D eigenvalue weighted by molar-refractivity contribution is 0.0697. The number of carboxylic acid groups (broad SMARTS) is 1. The molecule has 0 unspecified atom stereocenters. The van der Waals surface area contributed by atoms with Crippen molar-refractivity contribution in [3.05, 3.63) is 41.6 Å². The maximum Gasteiger partial charge on any atom is 0.339 e. The molecule has 0 saturated carbocycles. The number of furan rings is 1. The highest BCUT2D eigenvalue weighted by atomic mass is 16.4. The molecule has 3 rings (SSSR count). The topological polar surface area (TPSA) is 79.1 Å². The predicted molar refractivity (Wildman–Crippen MR) is 65.5 cm³/mol. The van der Waals surface area contributed by atoms with E-state index in [-0.39, 0.29) is 5.56 Å². The summed E-state index contributed by atoms with van der Waals surface area (Å²) >= 11 is 0. The first-order chi connectivity index (χ1) is 8.66. The average molecular weight is 242 g/mol. The van der Waals surface area contributed by atoms with Crippen molar-refractivity contribution in [1.82, 2.24) is 10.2 Å². The number of aryl methyl sites for hydroxylation is 1. The van der Waals surface area contributed by atoms with Crippen LogP contribution < -0.4 is 0 Å². The standard InChI is InChI=1S/C13H10N2O3/c1-7-3-2-4-10-8(7)5-11(18-10)12-9(13(16)17)6-14-15-12/h2-6H,1H3,(H,14,15)(H,16,17). The summed E-state index contributed by atoms with van der Waals surface area (Å²) in [6.07, 6.45) is 1.28. The minimum Gasteiger partial charge on any atom is -0.478 e. The first kappa shape index (κ1) is 10.6. The molecule has 3 aromatic rings. The fourth-order valence-electron chi connectivity index (χ4n) is 1.97. The smallest absolute Gasteiger partial charge is 0.339 e. The predicted octanol–water partition coefficient (Wildman–Crippen LogP) is 2.83. The molecule has 1 aromatic carbocycles. The molecule has 0 saturated heterocycles. The first-order valence-electron chi connectivity index (χ1n) is 5.43. The third kappa shape index (κ3) is 1.48. The fourth-order valence-corrected chi connectivity index (χ4v) is 1.97. The van der Waals surface area contributed by atoms with Crippen molar-refractivity contribution in [2.45, 2.75) is 6.92 Å². The number of carboxylic acids is 1. The van der Waals surface area contributed by atoms with Crippen LogP contribution in [0, 0.1) is 6.92 Å². The molecule has 0 bridgehead atoms. The minimum absolute atomic E-state index is 0.103. The van der Waals surface area contributed by atoms with Gasteiger partial charge in [0.15, 0.2) is 5.76 Å². The maximum atomic E-state index is 11.0. The molecular formula is C13H10N2O3. The van der Waals surface area contributed by atoms with Crippen molar-refractivity contribution in [2.75, 3.05) is 0 Å². The fraction of sp³-hybridized carbons (Fsp3) is 0.0769. The number of H-pyrrole nitrogens is 1. The van der Waals surface area contributed by atoms with Gasteiger partial charge in [-0.3, -0.25) is 5.10 Å². The van der Waals surface area contributed by atoms with Gasteiger partial charge in [-0.1, -0.05) is 12.1 Å². The van der Waals surface area contributed by atoms with Crippen molar-refractivity contribution >= 4 is 16.9 Å². The second-order valence-corrected chi connectivity index (χ2v) is 4.06. The van der Waals surface area contributed by atoms with Crippen LogP contribution in [-0.2, 0) is 0 Å². The molecule has 90 valence electrons. The number of rotatable bonds is 2. The Morgan fingerprint density at radius 2 is 2.28 bits per heavy atom. The van der Waals surface area contributed by atoms with Crippen LogP contribution in [0.15, 0.2) is 34.9 Å². The van der Waals surface area contributed by atoms with E-state index in [1.807, 2.05) is 31.2 Å². The molecule has 0 fully saturated rings. The molecule has 2 aromatic heterocycles. The number of carbonyl (C=O) groups is 1. The van der Waals surface area contributed by atoms with Gasteiger partial charge in [0.25, 0.3) is 0 Å². The lowest BCUT2D eigenvalue weighted by atomic mass is 10.1. The van der Waals surface area contributed by atoms with Gasteiger partial charge in [-0.15, -0.1) is 0 Å². The third-order valence-electron chi connectivity index (χ3n) is 2.90. The molecule has 0 spiro atoms. The number of benzene rings is 1. The van der Waals surface area contributed by atoms with Crippen LogP contribution >= 0.6 is 0 Å². The Balaban J connectivity index is 2.23. The monoisotopic (exact) mass is 242 g/mol. The van der Waals surface area contributed by atoms with Crippen molar-refractivity contribution in [3.8, 4) is 11.5 Å². The number of aromatic amines is 1. The zero-order valence-electron chi connectivity index (χ0n) is 9.60. The zero-order chi connectivity index (χ0) is 12.7. The number of aromatic nitrogens is 2. The van der Waals surface area contributed by atoms with E-state index in [1.165, 1.54) is 6.20 Å². The second-order valence-electron chi connectivity index (χ2n) is 4.06. The highest BCUT2D eigenvalue weighted by Crippen LogP contribution is 2.30. The average Bonchev–Trinajstić information content (AvgIpc) is 2.95. The Labute approximate surface area is 102 Å². The summed E-state index contributed by atoms with van der Waals surface area (Å²) in [5.41, 5.74) is 2.31. The summed E-state index contributed by atoms with van der Waals surface area (Å²) in [4.78, 5) is 11.0. The van der Waals surface area contributed by atoms with Gasteiger partial charge in [-0.05, 0) is 24.6 Å². The molecule has 5 nitrogen and oxygen atoms in total. The molecule has 0 amide bonds. The molecule has 0 aliphatic rings. The number of aromatic carboxylic acids is 1. The van der Waals surface area contributed by atoms with Gasteiger partial charge in [-0.2, -0.15) is 5.10 Å². The van der Waals surface area contributed by atoms with Crippen LogP contribution in [0.4, 0.5) is 0 Å². The third-order valence-corrected chi connectivity index (χ3v) is 2.90. The number of hydrogen-bond acceptors (Lipinski definition) is 3. The molecule has 2 N–H and O–H groups in total. The van der Waals surface area contributed by atoms with Gasteiger partial charge in [0, 0.05) is 5.39 Å². The van der Waals surface area contributed by atoms with Gasteiger partial charge >= 0.3 is 5.97 Å². The van der Waals surface area contributed by atoms with E-state index in [1.54, 1.807) is 0 Å². The number of fused-ring (bicyclic) bond motifs is 1. The Morgan fingerprint density at radius 3 is 3.00 bits per heavy atom. The molecule has 0 atom stereocenters. The Morgan fingerprint density at radius 1 is 1.44 bits per heavy atom. The Kier molecular flexibility index (Phi) is 2.19. The number of hydrogen-bond donors (Lipinski definition) is 2. The zero-order valence-corrected chi connectivity index (χ0v) is 9.60. The van der Waals surface area contributed by atoms with Crippen LogP contribution in [0.3, 0.4) is 0 Å². The van der Waals surface area contributed by atoms with E-state index in [0.717, 1.165) is 16.5 Å². The van der Waals surface area contributed by atoms with Gasteiger partial charge in [0.2, 0.25) is 0 Å². The Hall–Kier alpha value is -2.56. The molecular weight excluding hydrogens is 232 g/mol. The van der Waals surface area contributed by atoms with Gasteiger partial charge in [0.05, 0.1) is 6.20 Å². The molecule has 0 aliphatic carbocycles. The van der Waals surface area contributed by atoms with E-state index in [9.17, 15) is 4.79 Å². The van der Waals surface area contributed by atoms with Crippen molar-refractivity contribution < 1.29 is 14.3 Å². The quantitative estimate of drug-likeness (QED) is 0.724. The van der Waals surface area contributed by atoms with Crippen LogP contribution in [0.5, 0.6) is 0 Å². The summed E-state index contributed by atoms with van der Waals surface area (Å²) in [7, 11) is 0. The largest absolute Gasteiger partial charge is 0.478 e. The van der Waals surface area contributed by atoms with Gasteiger partial charge in [0.1, 0.15) is 16.8 Å². The number of nitrogens with one attached hydrogen (secondary N) is 1. The van der Waals surface area contributed by atoms with E-state index < -0.39 is 5.97 Å². The lowest BCUT2D eigenvalue weighted by Gasteiger charge is -1.93. The summed E-state index contributed by atoms with van der Waals surface area (Å²) in [5.74, 6) is -0.551. The van der Waals surface area contributed by atoms with Crippen molar-refractivity contribution in [3.63, 3.8) is 0 Å². The molecule has 2 heterocycles. The summed E-state index contributed by atoms with van der Waals surface area (Å²) in [5, 5.41) is 16.4. The van der Waals surface area contributed by atoms with Crippen LogP contribution in [0.25, 0.3) is 22.4 Å². The van der Waals surface area contributed by atoms with Crippen LogP contribution in [0.1, 0.15) is 15.9 Å². The number of nitrogens with zero attached hydrogens (tertiary/aromatic N) is 1. The molecule has 18 heavy (non-hydrogen) atoms. The highest BCUT2D eigenvalue weighted by Gasteiger charge is 2.17. The molecule has 0 radical (unpaired) electrons. The normalized spacial score (nSPS) is 10.9. The maximum absolute atomic E-state index is 11.0. The SMILES string of the molecule is Cc1cccc2oc(-c3[nH]ncc3C(=O)O)cc12. The molecule has 0 aliphatic heterocycles. The van der Waals surface area contributed by atoms with Crippen LogP contribution in [0.2, 0.25) is 0 Å². The Bertz CT molecular complexity index is 740. The van der Waals surface area contributed by atoms with E-state index >= 15 is 0 Å². The van der Waals surface area contributed by atoms with Gasteiger partial charge in [-0.25, -0.2) is 4.79 Å². The second kappa shape index (κ2) is 3.73. The highest BCUT2D eigenvalue weighted by molar-refractivity contribution is 5.95. The molecule has 5 heteroatoms. The van der Waals surface area contributed by atoms with E-state index in [2.05, 4.69) is 10.2 Å². The van der Waals surface area contributed by atoms with Crippen LogP contribution in [-0.4, -0.2) is 21.3 Å². The summed E-state index contributed by atoms with van der Waals surface area (Å²) < 4.78 is 5.65. The van der Waals surface area contributed by atoms with Crippen molar-refractivity contribution in [1.29, 1.82) is 0 Å². The summed E-state index contributed by atoms with van der Waals surface area (Å²) in [6, 6.07) is 7.55. The van der Waals surface area contributed by atoms with Gasteiger partial charge < -0.3 is 9.52 Å². The minimum atomic E-state index is -1.03. The van der Waals surface area contributed by atoms with E-state index in [4.69, 9.17) is 9.52 Å². The van der Waals surface area contributed by atoms with Crippen molar-refractivity contribution in [2.24, 2.45) is 0 Å². The van der Waals surface area contributed by atoms with E-state index in [0.29, 0.717) is 11.5 Å².